The van der Waals surface area contributed by atoms with Crippen LogP contribution in [0.4, 0.5) is 10.5 Å². The summed E-state index contributed by atoms with van der Waals surface area (Å²) in [6.07, 6.45) is 2.89. The highest BCUT2D eigenvalue weighted by Crippen LogP contribution is 2.54. The molecule has 5 nitrogen and oxygen atoms in total. The minimum absolute atomic E-state index is 0.0628. The Morgan fingerprint density at radius 2 is 1.82 bits per heavy atom. The van der Waals surface area contributed by atoms with Gasteiger partial charge in [-0.15, -0.1) is 0 Å². The zero-order chi connectivity index (χ0) is 24.0. The number of amides is 1. The lowest BCUT2D eigenvalue weighted by molar-refractivity contribution is -0.133. The molecule has 1 fully saturated rings. The van der Waals surface area contributed by atoms with E-state index < -0.39 is 5.60 Å². The minimum atomic E-state index is -0.558. The van der Waals surface area contributed by atoms with Crippen molar-refractivity contribution in [3.8, 4) is 5.75 Å². The van der Waals surface area contributed by atoms with E-state index in [0.29, 0.717) is 11.7 Å². The first kappa shape index (κ1) is 23.3. The molecule has 1 heterocycles. The van der Waals surface area contributed by atoms with Gasteiger partial charge in [-0.1, -0.05) is 51.5 Å². The smallest absolute Gasteiger partial charge is 0.415 e. The normalized spacial score (nSPS) is 21.7. The zero-order valence-electron chi connectivity index (χ0n) is 20.6. The maximum absolute atomic E-state index is 13.1. The Bertz CT molecular complexity index is 1050. The predicted molar refractivity (Wildman–Crippen MR) is 130 cm³/mol. The number of carbonyl (C=O) groups excluding carboxylic acids is 2. The number of fused-ring (bicyclic) bond motifs is 3. The van der Waals surface area contributed by atoms with Crippen LogP contribution in [0.25, 0.3) is 0 Å². The van der Waals surface area contributed by atoms with Crippen LogP contribution < -0.4 is 9.64 Å². The highest BCUT2D eigenvalue weighted by molar-refractivity contribution is 5.93. The van der Waals surface area contributed by atoms with Crippen molar-refractivity contribution in [3.63, 3.8) is 0 Å². The van der Waals surface area contributed by atoms with Crippen molar-refractivity contribution < 1.29 is 19.1 Å². The van der Waals surface area contributed by atoms with Crippen molar-refractivity contribution in [2.24, 2.45) is 0 Å². The molecule has 1 amide bonds. The molecule has 0 spiro atoms. The molecule has 2 aliphatic rings. The van der Waals surface area contributed by atoms with E-state index in [1.165, 1.54) is 5.56 Å². The van der Waals surface area contributed by atoms with Gasteiger partial charge in [-0.3, -0.25) is 9.69 Å². The molecule has 1 unspecified atom stereocenters. The molecule has 0 bridgehead atoms. The summed E-state index contributed by atoms with van der Waals surface area (Å²) in [7, 11) is 0. The molecule has 1 saturated carbocycles. The second kappa shape index (κ2) is 8.51. The van der Waals surface area contributed by atoms with E-state index in [1.54, 1.807) is 6.07 Å². The van der Waals surface area contributed by atoms with Crippen molar-refractivity contribution in [1.29, 1.82) is 0 Å². The maximum atomic E-state index is 13.1. The molecule has 0 radical (unpaired) electrons. The summed E-state index contributed by atoms with van der Waals surface area (Å²) in [6, 6.07) is 13.8. The number of anilines is 1. The Balaban J connectivity index is 1.53. The SMILES string of the molecule is CC(C)c1ccc(CC(=O)Oc2ccc3c(c2)[C@]2(C)CCCC2N3C(=O)OC(C)(C)C)cc1. The summed E-state index contributed by atoms with van der Waals surface area (Å²) in [6.45, 7) is 12.2. The highest BCUT2D eigenvalue weighted by Gasteiger charge is 2.53. The standard InChI is InChI=1S/C28H35NO4/c1-18(2)20-11-9-19(10-12-20)16-25(30)32-21-13-14-23-22(17-21)28(6)15-7-8-24(28)29(23)26(31)33-27(3,4)5/h9-14,17-18,24H,7-8,15-16H2,1-6H3/t24?,28-/m0/s1. The molecule has 5 heteroatoms. The van der Waals surface area contributed by atoms with Crippen LogP contribution in [-0.2, 0) is 21.4 Å². The van der Waals surface area contributed by atoms with Crippen LogP contribution in [-0.4, -0.2) is 23.7 Å². The highest BCUT2D eigenvalue weighted by atomic mass is 16.6. The Morgan fingerprint density at radius 3 is 2.45 bits per heavy atom. The monoisotopic (exact) mass is 449 g/mol. The van der Waals surface area contributed by atoms with Gasteiger partial charge in [-0.25, -0.2) is 4.79 Å². The van der Waals surface area contributed by atoms with Crippen LogP contribution in [0.15, 0.2) is 42.5 Å². The number of esters is 1. The van der Waals surface area contributed by atoms with Crippen LogP contribution in [0.5, 0.6) is 5.75 Å². The first-order valence-electron chi connectivity index (χ1n) is 11.9. The summed E-state index contributed by atoms with van der Waals surface area (Å²) < 4.78 is 11.4. The van der Waals surface area contributed by atoms with Crippen molar-refractivity contribution in [1.82, 2.24) is 0 Å². The van der Waals surface area contributed by atoms with Gasteiger partial charge in [0.15, 0.2) is 0 Å². The molecule has 0 aromatic heterocycles. The van der Waals surface area contributed by atoms with Crippen LogP contribution in [0, 0.1) is 0 Å². The molecule has 0 saturated heterocycles. The molecular formula is C28H35NO4. The fourth-order valence-electron chi connectivity index (χ4n) is 5.18. The van der Waals surface area contributed by atoms with E-state index in [2.05, 4.69) is 32.9 Å². The Labute approximate surface area is 197 Å². The number of carbonyl (C=O) groups is 2. The van der Waals surface area contributed by atoms with E-state index in [-0.39, 0.29) is 29.9 Å². The van der Waals surface area contributed by atoms with Crippen molar-refractivity contribution in [3.05, 3.63) is 59.2 Å². The number of nitrogens with zero attached hydrogens (tertiary/aromatic N) is 1. The Hall–Kier alpha value is -2.82. The molecule has 176 valence electrons. The van der Waals surface area contributed by atoms with E-state index in [1.807, 2.05) is 49.9 Å². The lowest BCUT2D eigenvalue weighted by Gasteiger charge is -2.31. The molecule has 1 aliphatic carbocycles. The van der Waals surface area contributed by atoms with Gasteiger partial charge in [0, 0.05) is 11.5 Å². The van der Waals surface area contributed by atoms with Gasteiger partial charge in [0.25, 0.3) is 0 Å². The zero-order valence-corrected chi connectivity index (χ0v) is 20.6. The lowest BCUT2D eigenvalue weighted by atomic mass is 9.80. The van der Waals surface area contributed by atoms with Crippen molar-refractivity contribution >= 4 is 17.7 Å². The molecule has 1 aliphatic heterocycles. The first-order chi connectivity index (χ1) is 15.5. The topological polar surface area (TPSA) is 55.8 Å². The lowest BCUT2D eigenvalue weighted by Crippen LogP contribution is -2.45. The summed E-state index contributed by atoms with van der Waals surface area (Å²) >= 11 is 0. The number of hydrogen-bond acceptors (Lipinski definition) is 4. The number of rotatable bonds is 4. The third-order valence-corrected chi connectivity index (χ3v) is 6.88. The third-order valence-electron chi connectivity index (χ3n) is 6.88. The van der Waals surface area contributed by atoms with E-state index in [0.717, 1.165) is 36.1 Å². The van der Waals surface area contributed by atoms with Crippen molar-refractivity contribution in [2.45, 2.75) is 90.2 Å². The molecule has 33 heavy (non-hydrogen) atoms. The average Bonchev–Trinajstić information content (AvgIpc) is 3.20. The fraction of sp³-hybridized carbons (Fsp3) is 0.500. The second-order valence-electron chi connectivity index (χ2n) is 10.9. The second-order valence-corrected chi connectivity index (χ2v) is 10.9. The van der Waals surface area contributed by atoms with Crippen LogP contribution >= 0.6 is 0 Å². The summed E-state index contributed by atoms with van der Waals surface area (Å²) in [5.41, 5.74) is 3.38. The average molecular weight is 450 g/mol. The summed E-state index contributed by atoms with van der Waals surface area (Å²) in [5.74, 6) is 0.691. The quantitative estimate of drug-likeness (QED) is 0.394. The largest absolute Gasteiger partial charge is 0.443 e. The van der Waals surface area contributed by atoms with E-state index >= 15 is 0 Å². The molecule has 4 rings (SSSR count). The maximum Gasteiger partial charge on any atom is 0.415 e. The molecule has 0 N–H and O–H groups in total. The molecule has 2 aromatic rings. The fourth-order valence-corrected chi connectivity index (χ4v) is 5.18. The summed E-state index contributed by atoms with van der Waals surface area (Å²) in [4.78, 5) is 27.5. The predicted octanol–water partition coefficient (Wildman–Crippen LogP) is 6.52. The molecular weight excluding hydrogens is 414 g/mol. The molecule has 2 atom stereocenters. The summed E-state index contributed by atoms with van der Waals surface area (Å²) in [5, 5.41) is 0. The van der Waals surface area contributed by atoms with Gasteiger partial charge in [-0.05, 0) is 74.4 Å². The van der Waals surface area contributed by atoms with Crippen molar-refractivity contribution in [2.75, 3.05) is 4.90 Å². The first-order valence-corrected chi connectivity index (χ1v) is 11.9. The van der Waals surface area contributed by atoms with Crippen LogP contribution in [0.3, 0.4) is 0 Å². The van der Waals surface area contributed by atoms with Gasteiger partial charge in [0.1, 0.15) is 11.4 Å². The third kappa shape index (κ3) is 4.64. The van der Waals surface area contributed by atoms with Crippen LogP contribution in [0.1, 0.15) is 83.4 Å². The number of benzene rings is 2. The minimum Gasteiger partial charge on any atom is -0.443 e. The van der Waals surface area contributed by atoms with Gasteiger partial charge in [0.05, 0.1) is 12.1 Å². The van der Waals surface area contributed by atoms with Gasteiger partial charge < -0.3 is 9.47 Å². The van der Waals surface area contributed by atoms with Crippen LogP contribution in [0.2, 0.25) is 0 Å². The van der Waals surface area contributed by atoms with E-state index in [4.69, 9.17) is 9.47 Å². The number of ether oxygens (including phenoxy) is 2. The number of hydrogen-bond donors (Lipinski definition) is 0. The Morgan fingerprint density at radius 1 is 1.12 bits per heavy atom. The van der Waals surface area contributed by atoms with Gasteiger partial charge in [-0.2, -0.15) is 0 Å². The van der Waals surface area contributed by atoms with E-state index in [9.17, 15) is 9.59 Å². The van der Waals surface area contributed by atoms with Gasteiger partial charge >= 0.3 is 12.1 Å². The Kier molecular flexibility index (Phi) is 6.02. The van der Waals surface area contributed by atoms with Gasteiger partial charge in [0.2, 0.25) is 0 Å². The molecule has 2 aromatic carbocycles.